The molecule has 14 nitrogen and oxygen atoms in total. The van der Waals surface area contributed by atoms with Crippen molar-refractivity contribution in [2.45, 2.75) is 218 Å². The Kier molecular flexibility index (Phi) is 55.4. The van der Waals surface area contributed by atoms with Crippen LogP contribution in [0.3, 0.4) is 0 Å². The van der Waals surface area contributed by atoms with Gasteiger partial charge in [0.05, 0.1) is 39.3 Å². The molecule has 0 fully saturated rings. The van der Waals surface area contributed by atoms with Crippen molar-refractivity contribution in [2.75, 3.05) is 14.2 Å². The van der Waals surface area contributed by atoms with Crippen molar-refractivity contribution in [1.29, 1.82) is 0 Å². The Morgan fingerprint density at radius 1 is 0.485 bits per heavy atom. The molecular formula is C50H84N2Na2O12. The van der Waals surface area contributed by atoms with Crippen molar-refractivity contribution in [3.63, 3.8) is 0 Å². The Labute approximate surface area is 441 Å². The number of nitrogens with zero attached hydrogens (tertiary/aromatic N) is 2. The number of aliphatic hydroxyl groups excluding tert-OH is 2. The number of esters is 2. The molecule has 368 valence electrons. The molecule has 0 heterocycles. The van der Waals surface area contributed by atoms with E-state index in [1.165, 1.54) is 72.0 Å². The molecule has 0 saturated carbocycles. The van der Waals surface area contributed by atoms with Gasteiger partial charge in [-0.05, 0) is 154 Å². The third-order valence-corrected chi connectivity index (χ3v) is 9.97. The van der Waals surface area contributed by atoms with E-state index in [0.29, 0.717) is 12.8 Å². The fourth-order valence-electron chi connectivity index (χ4n) is 6.25. The second kappa shape index (κ2) is 52.1. The van der Waals surface area contributed by atoms with Gasteiger partial charge in [-0.15, -0.1) is 0 Å². The Morgan fingerprint density at radius 3 is 1.11 bits per heavy atom. The van der Waals surface area contributed by atoms with Crippen LogP contribution in [-0.2, 0) is 28.7 Å². The van der Waals surface area contributed by atoms with Gasteiger partial charge in [0.1, 0.15) is 0 Å². The van der Waals surface area contributed by atoms with Gasteiger partial charge in [-0.3, -0.25) is 19.6 Å². The van der Waals surface area contributed by atoms with Crippen LogP contribution in [0.1, 0.15) is 194 Å². The monoisotopic (exact) mass is 951 g/mol. The summed E-state index contributed by atoms with van der Waals surface area (Å²) in [4.78, 5) is 51.7. The van der Waals surface area contributed by atoms with Crippen LogP contribution in [0.15, 0.2) is 58.6 Å². The van der Waals surface area contributed by atoms with Gasteiger partial charge in [0.15, 0.2) is 12.1 Å². The zero-order chi connectivity index (χ0) is 48.1. The molecule has 4 N–H and O–H groups in total. The van der Waals surface area contributed by atoms with Crippen LogP contribution in [0.5, 0.6) is 0 Å². The van der Waals surface area contributed by atoms with Gasteiger partial charge < -0.3 is 40.1 Å². The molecule has 0 bridgehead atoms. The summed E-state index contributed by atoms with van der Waals surface area (Å²) < 4.78 is 9.11. The number of aliphatic imine (C=N–C) groups is 2. The number of rotatable bonds is 40. The molecule has 66 heavy (non-hydrogen) atoms. The number of hydrogen-bond donors (Lipinski definition) is 4. The molecule has 0 amide bonds. The third-order valence-electron chi connectivity index (χ3n) is 9.97. The molecule has 0 aromatic rings. The van der Waals surface area contributed by atoms with E-state index in [-0.39, 0.29) is 90.6 Å². The molecule has 4 atom stereocenters. The predicted octanol–water partition coefficient (Wildman–Crippen LogP) is 2.66. The fourth-order valence-corrected chi connectivity index (χ4v) is 6.25. The molecule has 0 aliphatic heterocycles. The number of carbonyl (C=O) groups is 4. The summed E-state index contributed by atoms with van der Waals surface area (Å²) >= 11 is 0. The van der Waals surface area contributed by atoms with Crippen LogP contribution in [0, 0.1) is 0 Å². The number of aliphatic hydroxyl groups is 2. The Bertz CT molecular complexity index is 1380. The molecule has 4 unspecified atom stereocenters. The maximum Gasteiger partial charge on any atom is 1.00 e. The van der Waals surface area contributed by atoms with Crippen molar-refractivity contribution < 1.29 is 118 Å². The summed E-state index contributed by atoms with van der Waals surface area (Å²) in [5, 5.41) is 59.5. The zero-order valence-corrected chi connectivity index (χ0v) is 45.7. The number of methoxy groups -OCH3 is 2. The van der Waals surface area contributed by atoms with Crippen LogP contribution in [0.2, 0.25) is 0 Å². The number of carboxylic acids is 2. The summed E-state index contributed by atoms with van der Waals surface area (Å²) in [6.07, 6.45) is 41.6. The number of carboxylic acid groups (broad SMARTS) is 2. The first-order valence-corrected chi connectivity index (χ1v) is 23.8. The van der Waals surface area contributed by atoms with Crippen molar-refractivity contribution >= 4 is 35.7 Å². The zero-order valence-electron chi connectivity index (χ0n) is 41.7. The van der Waals surface area contributed by atoms with E-state index in [1.807, 2.05) is 19.9 Å². The summed E-state index contributed by atoms with van der Waals surface area (Å²) in [5.74, 6) is -4.97. The van der Waals surface area contributed by atoms with Crippen LogP contribution in [-0.4, -0.2) is 94.6 Å². The molecule has 0 aliphatic carbocycles. The first-order chi connectivity index (χ1) is 30.7. The normalized spacial score (nSPS) is 13.7. The Balaban J connectivity index is -0.000000566. The van der Waals surface area contributed by atoms with Gasteiger partial charge in [0.25, 0.3) is 0 Å². The molecule has 0 aromatic carbocycles. The molecule has 0 saturated heterocycles. The Hall–Kier alpha value is -2.30. The minimum Gasteiger partial charge on any atom is -0.862 e. The SMILES string of the molecule is CC(O)CCCC=CCCCCCCCC=CCCCC([O-])=NC(CC(=O)O)C(=O)O.COC(=O)CC(N=C([O-])CCCC=CCCCCCCCC=CCCCC(C)O)C(=O)OC.[Na+].[Na+]. The minimum atomic E-state index is -1.50. The maximum atomic E-state index is 12.0. The smallest absolute Gasteiger partial charge is 0.862 e. The number of ether oxygens (including phenoxy) is 2. The number of carbonyl (C=O) groups excluding carboxylic acids is 2. The molecule has 0 rings (SSSR count). The van der Waals surface area contributed by atoms with Gasteiger partial charge >= 0.3 is 83.0 Å². The van der Waals surface area contributed by atoms with E-state index in [1.54, 1.807) is 0 Å². The van der Waals surface area contributed by atoms with Crippen LogP contribution in [0.4, 0.5) is 0 Å². The van der Waals surface area contributed by atoms with Crippen molar-refractivity contribution in [3.8, 4) is 0 Å². The van der Waals surface area contributed by atoms with Crippen molar-refractivity contribution in [1.82, 2.24) is 0 Å². The van der Waals surface area contributed by atoms with Gasteiger partial charge in [0.2, 0.25) is 0 Å². The van der Waals surface area contributed by atoms with E-state index >= 15 is 0 Å². The molecule has 0 radical (unpaired) electrons. The van der Waals surface area contributed by atoms with Gasteiger partial charge in [0, 0.05) is 0 Å². The van der Waals surface area contributed by atoms with Crippen LogP contribution >= 0.6 is 0 Å². The Morgan fingerprint density at radius 2 is 0.803 bits per heavy atom. The molecular weight excluding hydrogens is 867 g/mol. The van der Waals surface area contributed by atoms with Gasteiger partial charge in [-0.25, -0.2) is 9.59 Å². The third kappa shape index (κ3) is 52.7. The van der Waals surface area contributed by atoms with E-state index in [4.69, 9.17) is 10.2 Å². The van der Waals surface area contributed by atoms with Crippen molar-refractivity contribution in [2.24, 2.45) is 9.98 Å². The standard InChI is InChI=1S/C26H45NO6.C24H41NO6.2Na/c1-22(28)19-17-15-13-11-9-7-5-4-6-8-10-12-14-16-18-20-24(29)27-23(26(31)33-3)21-25(30)32-2;1-20(26)17-15-13-11-9-7-5-3-2-4-6-8-10-12-14-16-18-22(27)25-21(24(30)31)19-23(28)29;;/h11-14,22-23,28H,4-10,15-21H2,1-3H3,(H,27,29);9-12,20-21,26H,2-8,13-19H2,1H3,(H,25,27)(H,28,29)(H,30,31);;/q;;2*+1/p-2. The summed E-state index contributed by atoms with van der Waals surface area (Å²) in [6.45, 7) is 3.66. The molecule has 0 aromatic heterocycles. The average molecular weight is 951 g/mol. The van der Waals surface area contributed by atoms with Crippen LogP contribution < -0.4 is 69.3 Å². The van der Waals surface area contributed by atoms with Gasteiger partial charge in [-0.2, -0.15) is 0 Å². The summed E-state index contributed by atoms with van der Waals surface area (Å²) in [5.41, 5.74) is 0. The van der Waals surface area contributed by atoms with Crippen LogP contribution in [0.25, 0.3) is 0 Å². The largest absolute Gasteiger partial charge is 1.00 e. The number of unbranched alkanes of at least 4 members (excludes halogenated alkanes) is 16. The second-order valence-corrected chi connectivity index (χ2v) is 16.2. The topological polar surface area (TPSA) is 238 Å². The minimum absolute atomic E-state index is 0. The number of hydrogen-bond acceptors (Lipinski definition) is 12. The van der Waals surface area contributed by atoms with Crippen molar-refractivity contribution in [3.05, 3.63) is 48.6 Å². The maximum absolute atomic E-state index is 12.0. The van der Waals surface area contributed by atoms with E-state index < -0.39 is 54.2 Å². The molecule has 0 spiro atoms. The first kappa shape index (κ1) is 70.3. The van der Waals surface area contributed by atoms with E-state index in [2.05, 4.69) is 62.0 Å². The average Bonchev–Trinajstić information content (AvgIpc) is 3.24. The predicted molar refractivity (Wildman–Crippen MR) is 251 cm³/mol. The van der Waals surface area contributed by atoms with E-state index in [9.17, 15) is 39.6 Å². The first-order valence-electron chi connectivity index (χ1n) is 23.8. The van der Waals surface area contributed by atoms with Gasteiger partial charge in [-0.1, -0.05) is 87.1 Å². The molecule has 0 aliphatic rings. The van der Waals surface area contributed by atoms with E-state index in [0.717, 1.165) is 83.5 Å². The quantitative estimate of drug-likeness (QED) is 0.0173. The fraction of sp³-hybridized carbons (Fsp3) is 0.720. The molecule has 16 heteroatoms. The summed E-state index contributed by atoms with van der Waals surface area (Å²) in [7, 11) is 2.41. The number of allylic oxidation sites excluding steroid dienone is 8. The second-order valence-electron chi connectivity index (χ2n) is 16.2. The summed E-state index contributed by atoms with van der Waals surface area (Å²) in [6, 6.07) is -2.64. The number of aliphatic carboxylic acids is 2.